The summed E-state index contributed by atoms with van der Waals surface area (Å²) in [6.45, 7) is 1.52. The Morgan fingerprint density at radius 1 is 1.23 bits per heavy atom. The van der Waals surface area contributed by atoms with Gasteiger partial charge in [-0.1, -0.05) is 18.2 Å². The minimum atomic E-state index is -0.305. The quantitative estimate of drug-likeness (QED) is 0.633. The van der Waals surface area contributed by atoms with Crippen molar-refractivity contribution >= 4 is 16.7 Å². The van der Waals surface area contributed by atoms with Crippen LogP contribution in [0.25, 0.3) is 10.8 Å². The van der Waals surface area contributed by atoms with Crippen molar-refractivity contribution in [1.29, 1.82) is 0 Å². The molecule has 158 valence electrons. The van der Waals surface area contributed by atoms with Gasteiger partial charge in [0, 0.05) is 44.3 Å². The van der Waals surface area contributed by atoms with E-state index in [-0.39, 0.29) is 29.3 Å². The fourth-order valence-electron chi connectivity index (χ4n) is 4.05. The molecule has 0 saturated carbocycles. The molecule has 9 heteroatoms. The summed E-state index contributed by atoms with van der Waals surface area (Å²) < 4.78 is 9.01. The fraction of sp³-hybridized carbons (Fsp3) is 0.429. The molecule has 0 N–H and O–H groups in total. The van der Waals surface area contributed by atoms with Crippen LogP contribution in [0.3, 0.4) is 0 Å². The lowest BCUT2D eigenvalue weighted by molar-refractivity contribution is -0.0686. The molecule has 1 aliphatic rings. The van der Waals surface area contributed by atoms with Gasteiger partial charge < -0.3 is 14.5 Å². The van der Waals surface area contributed by atoms with Crippen LogP contribution in [0.15, 0.2) is 41.5 Å². The van der Waals surface area contributed by atoms with Crippen molar-refractivity contribution in [2.24, 2.45) is 14.1 Å². The minimum absolute atomic E-state index is 0.208. The maximum Gasteiger partial charge on any atom is 0.275 e. The molecule has 4 rings (SSSR count). The second kappa shape index (κ2) is 8.00. The minimum Gasteiger partial charge on any atom is -0.373 e. The fourth-order valence-corrected chi connectivity index (χ4v) is 4.05. The van der Waals surface area contributed by atoms with Crippen LogP contribution in [-0.4, -0.2) is 75.2 Å². The summed E-state index contributed by atoms with van der Waals surface area (Å²) in [5.74, 6) is -0.220. The van der Waals surface area contributed by atoms with Crippen molar-refractivity contribution in [3.8, 4) is 0 Å². The third-order valence-corrected chi connectivity index (χ3v) is 5.38. The van der Waals surface area contributed by atoms with Crippen molar-refractivity contribution in [1.82, 2.24) is 29.4 Å². The summed E-state index contributed by atoms with van der Waals surface area (Å²) in [6.07, 6.45) is 3.48. The van der Waals surface area contributed by atoms with Crippen LogP contribution in [0, 0.1) is 0 Å². The Hall–Kier alpha value is -3.04. The van der Waals surface area contributed by atoms with E-state index in [0.29, 0.717) is 30.5 Å². The second-order valence-corrected chi connectivity index (χ2v) is 7.89. The van der Waals surface area contributed by atoms with Crippen LogP contribution >= 0.6 is 0 Å². The number of benzene rings is 1. The normalized spacial score (nSPS) is 19.6. The third-order valence-electron chi connectivity index (χ3n) is 5.38. The van der Waals surface area contributed by atoms with Crippen LogP contribution in [-0.2, 0) is 18.8 Å². The van der Waals surface area contributed by atoms with Crippen molar-refractivity contribution in [3.05, 3.63) is 58.3 Å². The van der Waals surface area contributed by atoms with E-state index in [0.717, 1.165) is 5.56 Å². The molecule has 0 unspecified atom stereocenters. The largest absolute Gasteiger partial charge is 0.373 e. The summed E-state index contributed by atoms with van der Waals surface area (Å²) in [4.78, 5) is 30.1. The highest BCUT2D eigenvalue weighted by atomic mass is 16.5. The Balaban J connectivity index is 1.81. The van der Waals surface area contributed by atoms with Gasteiger partial charge in [-0.2, -0.15) is 10.2 Å². The second-order valence-electron chi connectivity index (χ2n) is 7.89. The lowest BCUT2D eigenvalue weighted by atomic mass is 9.99. The summed E-state index contributed by atoms with van der Waals surface area (Å²) in [6, 6.07) is 6.79. The van der Waals surface area contributed by atoms with E-state index >= 15 is 0 Å². The van der Waals surface area contributed by atoms with E-state index in [1.807, 2.05) is 38.3 Å². The maximum atomic E-state index is 13.8. The summed E-state index contributed by atoms with van der Waals surface area (Å²) >= 11 is 0. The molecule has 9 nitrogen and oxygen atoms in total. The lowest BCUT2D eigenvalue weighted by Gasteiger charge is -2.41. The molecule has 0 aliphatic carbocycles. The Kier molecular flexibility index (Phi) is 5.40. The number of fused-ring (bicyclic) bond motifs is 1. The van der Waals surface area contributed by atoms with E-state index in [1.54, 1.807) is 41.0 Å². The number of aryl methyl sites for hydroxylation is 2. The smallest absolute Gasteiger partial charge is 0.275 e. The zero-order valence-corrected chi connectivity index (χ0v) is 17.6. The highest BCUT2D eigenvalue weighted by Crippen LogP contribution is 2.31. The average molecular weight is 410 g/mol. The van der Waals surface area contributed by atoms with Crippen LogP contribution in [0.4, 0.5) is 0 Å². The highest BCUT2D eigenvalue weighted by molar-refractivity contribution is 6.05. The van der Waals surface area contributed by atoms with Crippen LogP contribution in [0.5, 0.6) is 0 Å². The number of amides is 1. The van der Waals surface area contributed by atoms with Gasteiger partial charge in [0.25, 0.3) is 11.5 Å². The molecule has 0 spiro atoms. The van der Waals surface area contributed by atoms with E-state index in [4.69, 9.17) is 4.74 Å². The van der Waals surface area contributed by atoms with Crippen LogP contribution in [0.2, 0.25) is 0 Å². The van der Waals surface area contributed by atoms with Gasteiger partial charge in [-0.3, -0.25) is 14.3 Å². The van der Waals surface area contributed by atoms with Crippen LogP contribution in [0.1, 0.15) is 22.1 Å². The zero-order valence-electron chi connectivity index (χ0n) is 17.6. The number of nitrogens with zero attached hydrogens (tertiary/aromatic N) is 6. The number of carbonyl (C=O) groups excluding carboxylic acids is 1. The third kappa shape index (κ3) is 3.61. The molecule has 1 aliphatic heterocycles. The molecule has 30 heavy (non-hydrogen) atoms. The molecule has 1 aromatic carbocycles. The Bertz CT molecular complexity index is 1140. The van der Waals surface area contributed by atoms with E-state index in [9.17, 15) is 9.59 Å². The van der Waals surface area contributed by atoms with E-state index < -0.39 is 0 Å². The molecule has 1 fully saturated rings. The molecule has 2 atom stereocenters. The van der Waals surface area contributed by atoms with Gasteiger partial charge in [0.05, 0.1) is 30.3 Å². The number of rotatable bonds is 4. The van der Waals surface area contributed by atoms with Crippen molar-refractivity contribution in [2.45, 2.75) is 12.1 Å². The van der Waals surface area contributed by atoms with Gasteiger partial charge in [0.15, 0.2) is 5.69 Å². The van der Waals surface area contributed by atoms with Crippen molar-refractivity contribution in [3.63, 3.8) is 0 Å². The highest BCUT2D eigenvalue weighted by Gasteiger charge is 2.38. The number of hydrogen-bond donors (Lipinski definition) is 0. The molecule has 1 saturated heterocycles. The van der Waals surface area contributed by atoms with Crippen molar-refractivity contribution < 1.29 is 9.53 Å². The van der Waals surface area contributed by atoms with Crippen LogP contribution < -0.4 is 5.56 Å². The monoisotopic (exact) mass is 410 g/mol. The molecule has 0 radical (unpaired) electrons. The lowest BCUT2D eigenvalue weighted by Crippen LogP contribution is -2.51. The van der Waals surface area contributed by atoms with Gasteiger partial charge in [0.1, 0.15) is 0 Å². The first-order chi connectivity index (χ1) is 14.4. The molecule has 0 bridgehead atoms. The number of likely N-dealkylation sites (N-methyl/N-ethyl adjacent to an activating group) is 1. The summed E-state index contributed by atoms with van der Waals surface area (Å²) in [5, 5.41) is 9.67. The Morgan fingerprint density at radius 2 is 1.97 bits per heavy atom. The van der Waals surface area contributed by atoms with Gasteiger partial charge in [-0.05, 0) is 20.2 Å². The first-order valence-electron chi connectivity index (χ1n) is 9.88. The predicted octanol–water partition coefficient (Wildman–Crippen LogP) is 0.811. The van der Waals surface area contributed by atoms with Gasteiger partial charge in [-0.25, -0.2) is 4.68 Å². The molecular formula is C21H26N6O3. The number of hydrogen-bond acceptors (Lipinski definition) is 6. The topological polar surface area (TPSA) is 85.5 Å². The predicted molar refractivity (Wildman–Crippen MR) is 112 cm³/mol. The number of aromatic nitrogens is 4. The zero-order chi connectivity index (χ0) is 21.4. The van der Waals surface area contributed by atoms with E-state index in [2.05, 4.69) is 10.2 Å². The van der Waals surface area contributed by atoms with Gasteiger partial charge in [-0.15, -0.1) is 0 Å². The Morgan fingerprint density at radius 3 is 2.63 bits per heavy atom. The Labute approximate surface area is 174 Å². The first-order valence-corrected chi connectivity index (χ1v) is 9.88. The van der Waals surface area contributed by atoms with E-state index in [1.165, 1.54) is 4.68 Å². The number of ether oxygens (including phenoxy) is 1. The first kappa shape index (κ1) is 20.2. The SMILES string of the molecule is CN(C)C[C@@H]1OCCN(C(=O)c2nn(C)c(=O)c3ccccc23)[C@H]1c1cnn(C)c1. The molecule has 3 aromatic rings. The molecule has 2 aromatic heterocycles. The standard InChI is InChI=1S/C21H26N6O3/c1-24(2)13-17-19(14-11-22-25(3)12-14)27(9-10-30-17)21(29)18-15-7-5-6-8-16(15)20(28)26(4)23-18/h5-8,11-12,17,19H,9-10,13H2,1-4H3/t17-,19-/m0/s1. The summed E-state index contributed by atoms with van der Waals surface area (Å²) in [7, 11) is 7.37. The molecule has 1 amide bonds. The van der Waals surface area contributed by atoms with Gasteiger partial charge in [0.2, 0.25) is 0 Å². The number of carbonyl (C=O) groups is 1. The average Bonchev–Trinajstić information content (AvgIpc) is 3.15. The molecular weight excluding hydrogens is 384 g/mol. The van der Waals surface area contributed by atoms with Crippen molar-refractivity contribution in [2.75, 3.05) is 33.8 Å². The maximum absolute atomic E-state index is 13.8. The summed E-state index contributed by atoms with van der Waals surface area (Å²) in [5.41, 5.74) is 0.956. The number of morpholine rings is 1. The molecule has 3 heterocycles. The van der Waals surface area contributed by atoms with Gasteiger partial charge >= 0.3 is 0 Å².